The molecule has 0 amide bonds. The van der Waals surface area contributed by atoms with Gasteiger partial charge in [0.15, 0.2) is 0 Å². The van der Waals surface area contributed by atoms with Crippen molar-refractivity contribution in [3.63, 3.8) is 0 Å². The van der Waals surface area contributed by atoms with E-state index in [0.717, 1.165) is 11.3 Å². The number of ether oxygens (including phenoxy) is 1. The predicted octanol–water partition coefficient (Wildman–Crippen LogP) is 4.34. The molecule has 4 nitrogen and oxygen atoms in total. The average molecular weight is 312 g/mol. The van der Waals surface area contributed by atoms with Crippen LogP contribution in [0.2, 0.25) is 5.02 Å². The largest absolute Gasteiger partial charge is 0.478 e. The van der Waals surface area contributed by atoms with E-state index < -0.39 is 11.6 Å². The SMILES string of the molecule is CCCC(C)(Oc1ccc(CN=C(C)C)cc1Cl)C(=O)O. The van der Waals surface area contributed by atoms with Crippen molar-refractivity contribution in [2.75, 3.05) is 0 Å². The summed E-state index contributed by atoms with van der Waals surface area (Å²) in [5.41, 5.74) is 0.687. The van der Waals surface area contributed by atoms with Gasteiger partial charge in [-0.3, -0.25) is 4.99 Å². The Morgan fingerprint density at radius 1 is 1.43 bits per heavy atom. The normalized spacial score (nSPS) is 13.4. The van der Waals surface area contributed by atoms with E-state index in [9.17, 15) is 9.90 Å². The first-order valence-electron chi connectivity index (χ1n) is 6.97. The number of halogens is 1. The Balaban J connectivity index is 2.94. The second-order valence-electron chi connectivity index (χ2n) is 5.42. The van der Waals surface area contributed by atoms with E-state index in [0.29, 0.717) is 30.2 Å². The van der Waals surface area contributed by atoms with Gasteiger partial charge in [0, 0.05) is 5.71 Å². The van der Waals surface area contributed by atoms with Crippen molar-refractivity contribution in [2.45, 2.75) is 52.7 Å². The van der Waals surface area contributed by atoms with E-state index in [-0.39, 0.29) is 0 Å². The Labute approximate surface area is 130 Å². The fourth-order valence-corrected chi connectivity index (χ4v) is 2.14. The number of carboxylic acids is 1. The minimum atomic E-state index is -1.27. The molecule has 1 aromatic carbocycles. The molecule has 116 valence electrons. The molecule has 1 rings (SSSR count). The van der Waals surface area contributed by atoms with Crippen LogP contribution in [0.1, 0.15) is 46.1 Å². The van der Waals surface area contributed by atoms with E-state index in [1.54, 1.807) is 19.1 Å². The molecule has 0 heterocycles. The van der Waals surface area contributed by atoms with Crippen molar-refractivity contribution in [1.29, 1.82) is 0 Å². The maximum atomic E-state index is 11.4. The van der Waals surface area contributed by atoms with E-state index in [2.05, 4.69) is 4.99 Å². The van der Waals surface area contributed by atoms with Gasteiger partial charge >= 0.3 is 5.97 Å². The zero-order valence-electron chi connectivity index (χ0n) is 12.9. The van der Waals surface area contributed by atoms with E-state index in [1.807, 2.05) is 26.8 Å². The summed E-state index contributed by atoms with van der Waals surface area (Å²) >= 11 is 6.19. The van der Waals surface area contributed by atoms with E-state index in [1.165, 1.54) is 0 Å². The van der Waals surface area contributed by atoms with Crippen LogP contribution in [0, 0.1) is 0 Å². The highest BCUT2D eigenvalue weighted by Gasteiger charge is 2.35. The van der Waals surface area contributed by atoms with Crippen LogP contribution in [0.5, 0.6) is 5.75 Å². The minimum Gasteiger partial charge on any atom is -0.478 e. The van der Waals surface area contributed by atoms with Crippen LogP contribution in [0.3, 0.4) is 0 Å². The second kappa shape index (κ2) is 7.46. The van der Waals surface area contributed by atoms with E-state index in [4.69, 9.17) is 16.3 Å². The van der Waals surface area contributed by atoms with Crippen LogP contribution < -0.4 is 4.74 Å². The predicted molar refractivity (Wildman–Crippen MR) is 85.5 cm³/mol. The third-order valence-electron chi connectivity index (χ3n) is 3.09. The fraction of sp³-hybridized carbons (Fsp3) is 0.500. The fourth-order valence-electron chi connectivity index (χ4n) is 1.90. The van der Waals surface area contributed by atoms with Crippen LogP contribution in [0.4, 0.5) is 0 Å². The van der Waals surface area contributed by atoms with Crippen LogP contribution in [0.25, 0.3) is 0 Å². The first-order chi connectivity index (χ1) is 9.78. The highest BCUT2D eigenvalue weighted by Crippen LogP contribution is 2.31. The Morgan fingerprint density at radius 3 is 2.57 bits per heavy atom. The molecule has 0 aliphatic heterocycles. The molecule has 0 aliphatic rings. The Hall–Kier alpha value is -1.55. The van der Waals surface area contributed by atoms with Gasteiger partial charge < -0.3 is 9.84 Å². The Bertz CT molecular complexity index is 538. The number of carbonyl (C=O) groups is 1. The van der Waals surface area contributed by atoms with Crippen LogP contribution >= 0.6 is 11.6 Å². The van der Waals surface area contributed by atoms with Crippen LogP contribution in [0.15, 0.2) is 23.2 Å². The number of hydrogen-bond donors (Lipinski definition) is 1. The lowest BCUT2D eigenvalue weighted by Gasteiger charge is -2.26. The summed E-state index contributed by atoms with van der Waals surface area (Å²) in [4.78, 5) is 15.7. The molecule has 1 N–H and O–H groups in total. The van der Waals surface area contributed by atoms with Gasteiger partial charge in [0.25, 0.3) is 0 Å². The summed E-state index contributed by atoms with van der Waals surface area (Å²) in [7, 11) is 0. The van der Waals surface area contributed by atoms with Crippen molar-refractivity contribution in [3.05, 3.63) is 28.8 Å². The van der Waals surface area contributed by atoms with Gasteiger partial charge in [0.2, 0.25) is 5.60 Å². The summed E-state index contributed by atoms with van der Waals surface area (Å²) in [5, 5.41) is 9.73. The molecular formula is C16H22ClNO3. The van der Waals surface area contributed by atoms with Crippen molar-refractivity contribution in [2.24, 2.45) is 4.99 Å². The molecule has 0 radical (unpaired) electrons. The number of aliphatic carboxylic acids is 1. The zero-order chi connectivity index (χ0) is 16.0. The molecule has 0 aromatic heterocycles. The summed E-state index contributed by atoms with van der Waals surface area (Å²) in [6.45, 7) is 7.89. The van der Waals surface area contributed by atoms with Crippen molar-refractivity contribution in [3.8, 4) is 5.75 Å². The third kappa shape index (κ3) is 5.05. The first kappa shape index (κ1) is 17.5. The van der Waals surface area contributed by atoms with Crippen LogP contribution in [-0.2, 0) is 11.3 Å². The van der Waals surface area contributed by atoms with E-state index >= 15 is 0 Å². The molecular weight excluding hydrogens is 290 g/mol. The highest BCUT2D eigenvalue weighted by atomic mass is 35.5. The molecule has 0 bridgehead atoms. The third-order valence-corrected chi connectivity index (χ3v) is 3.38. The maximum Gasteiger partial charge on any atom is 0.347 e. The number of aliphatic imine (C=N–C) groups is 1. The molecule has 0 aliphatic carbocycles. The number of benzene rings is 1. The number of nitrogens with zero attached hydrogens (tertiary/aromatic N) is 1. The monoisotopic (exact) mass is 311 g/mol. The Kier molecular flexibility index (Phi) is 6.21. The molecule has 5 heteroatoms. The molecule has 1 aromatic rings. The number of carboxylic acid groups (broad SMARTS) is 1. The molecule has 0 fully saturated rings. The molecule has 0 saturated carbocycles. The van der Waals surface area contributed by atoms with Gasteiger partial charge in [0.1, 0.15) is 5.75 Å². The second-order valence-corrected chi connectivity index (χ2v) is 5.82. The highest BCUT2D eigenvalue weighted by molar-refractivity contribution is 6.32. The quantitative estimate of drug-likeness (QED) is 0.762. The van der Waals surface area contributed by atoms with Crippen LogP contribution in [-0.4, -0.2) is 22.4 Å². The molecule has 0 saturated heterocycles. The lowest BCUT2D eigenvalue weighted by Crippen LogP contribution is -2.41. The van der Waals surface area contributed by atoms with Gasteiger partial charge in [-0.15, -0.1) is 0 Å². The molecule has 21 heavy (non-hydrogen) atoms. The summed E-state index contributed by atoms with van der Waals surface area (Å²) < 4.78 is 5.65. The van der Waals surface area contributed by atoms with Gasteiger partial charge in [-0.1, -0.05) is 31.0 Å². The number of hydrogen-bond acceptors (Lipinski definition) is 3. The topological polar surface area (TPSA) is 58.9 Å². The van der Waals surface area contributed by atoms with Crippen molar-refractivity contribution < 1.29 is 14.6 Å². The lowest BCUT2D eigenvalue weighted by molar-refractivity contribution is -0.154. The first-order valence-corrected chi connectivity index (χ1v) is 7.35. The zero-order valence-corrected chi connectivity index (χ0v) is 13.7. The van der Waals surface area contributed by atoms with Gasteiger partial charge in [-0.25, -0.2) is 4.79 Å². The Morgan fingerprint density at radius 2 is 2.10 bits per heavy atom. The summed E-state index contributed by atoms with van der Waals surface area (Å²) in [6.07, 6.45) is 1.13. The maximum absolute atomic E-state index is 11.4. The molecule has 0 spiro atoms. The van der Waals surface area contributed by atoms with Gasteiger partial charge in [-0.2, -0.15) is 0 Å². The smallest absolute Gasteiger partial charge is 0.347 e. The minimum absolute atomic E-state index is 0.385. The van der Waals surface area contributed by atoms with Gasteiger partial charge in [-0.05, 0) is 44.9 Å². The standard InChI is InChI=1S/C16H22ClNO3/c1-5-8-16(4,15(19)20)21-14-7-6-12(9-13(14)17)10-18-11(2)3/h6-7,9H,5,8,10H2,1-4H3,(H,19,20). The number of rotatable bonds is 7. The lowest BCUT2D eigenvalue weighted by atomic mass is 10.0. The molecule has 1 atom stereocenters. The van der Waals surface area contributed by atoms with Crippen molar-refractivity contribution in [1.82, 2.24) is 0 Å². The van der Waals surface area contributed by atoms with Gasteiger partial charge in [0.05, 0.1) is 11.6 Å². The average Bonchev–Trinajstić information content (AvgIpc) is 2.39. The summed E-state index contributed by atoms with van der Waals surface area (Å²) in [6, 6.07) is 5.31. The van der Waals surface area contributed by atoms with Crippen molar-refractivity contribution >= 4 is 23.3 Å². The summed E-state index contributed by atoms with van der Waals surface area (Å²) in [5.74, 6) is -0.605. The molecule has 1 unspecified atom stereocenters.